The van der Waals surface area contributed by atoms with Crippen molar-refractivity contribution in [3.8, 4) is 5.75 Å². The van der Waals surface area contributed by atoms with Gasteiger partial charge in [0.05, 0.1) is 18.5 Å². The first kappa shape index (κ1) is 15.2. The lowest BCUT2D eigenvalue weighted by Gasteiger charge is -2.12. The van der Waals surface area contributed by atoms with E-state index in [0.717, 1.165) is 10.0 Å². The third-order valence-corrected chi connectivity index (χ3v) is 3.46. The van der Waals surface area contributed by atoms with Gasteiger partial charge in [-0.25, -0.2) is 4.79 Å². The Morgan fingerprint density at radius 3 is 2.67 bits per heavy atom. The molecule has 0 aromatic heterocycles. The molecule has 0 aliphatic carbocycles. The van der Waals surface area contributed by atoms with Crippen LogP contribution in [0, 0.1) is 6.92 Å². The Bertz CT molecular complexity index is 651. The van der Waals surface area contributed by atoms with Crippen LogP contribution >= 0.6 is 15.9 Å². The molecule has 6 heteroatoms. The summed E-state index contributed by atoms with van der Waals surface area (Å²) in [5.41, 5.74) is 8.61. The summed E-state index contributed by atoms with van der Waals surface area (Å²) in [6, 6.07) is 10.4. The van der Waals surface area contributed by atoms with Crippen molar-refractivity contribution in [3.05, 3.63) is 46.4 Å². The van der Waals surface area contributed by atoms with Crippen LogP contribution in [-0.4, -0.2) is 13.1 Å². The maximum Gasteiger partial charge on any atom is 0.323 e. The molecule has 21 heavy (non-hydrogen) atoms. The van der Waals surface area contributed by atoms with Gasteiger partial charge in [0.15, 0.2) is 0 Å². The van der Waals surface area contributed by atoms with Gasteiger partial charge in [-0.05, 0) is 52.7 Å². The molecule has 2 aromatic rings. The number of anilines is 3. The molecule has 0 bridgehead atoms. The molecule has 2 aromatic carbocycles. The summed E-state index contributed by atoms with van der Waals surface area (Å²) >= 11 is 3.39. The van der Waals surface area contributed by atoms with E-state index in [2.05, 4.69) is 26.6 Å². The van der Waals surface area contributed by atoms with E-state index in [0.29, 0.717) is 22.8 Å². The largest absolute Gasteiger partial charge is 0.497 e. The van der Waals surface area contributed by atoms with Crippen molar-refractivity contribution < 1.29 is 9.53 Å². The van der Waals surface area contributed by atoms with Gasteiger partial charge >= 0.3 is 6.03 Å². The lowest BCUT2D eigenvalue weighted by atomic mass is 10.2. The summed E-state index contributed by atoms with van der Waals surface area (Å²) in [6.45, 7) is 1.93. The number of halogens is 1. The van der Waals surface area contributed by atoms with Crippen LogP contribution in [0.1, 0.15) is 5.56 Å². The third-order valence-electron chi connectivity index (χ3n) is 2.83. The second-order valence-electron chi connectivity index (χ2n) is 4.52. The molecule has 110 valence electrons. The van der Waals surface area contributed by atoms with Gasteiger partial charge in [-0.15, -0.1) is 0 Å². The number of rotatable bonds is 3. The van der Waals surface area contributed by atoms with Gasteiger partial charge in [-0.3, -0.25) is 0 Å². The zero-order chi connectivity index (χ0) is 15.4. The maximum atomic E-state index is 12.0. The molecule has 5 nitrogen and oxygen atoms in total. The predicted octanol–water partition coefficient (Wildman–Crippen LogP) is 3.99. The van der Waals surface area contributed by atoms with Crippen LogP contribution in [0.25, 0.3) is 0 Å². The molecule has 0 saturated carbocycles. The predicted molar refractivity (Wildman–Crippen MR) is 88.9 cm³/mol. The number of hydrogen-bond donors (Lipinski definition) is 3. The monoisotopic (exact) mass is 349 g/mol. The van der Waals surface area contributed by atoms with Crippen LogP contribution in [0.5, 0.6) is 5.75 Å². The minimum absolute atomic E-state index is 0.375. The van der Waals surface area contributed by atoms with Gasteiger partial charge < -0.3 is 21.1 Å². The van der Waals surface area contributed by atoms with Gasteiger partial charge in [0.2, 0.25) is 0 Å². The van der Waals surface area contributed by atoms with E-state index >= 15 is 0 Å². The smallest absolute Gasteiger partial charge is 0.323 e. The summed E-state index contributed by atoms with van der Waals surface area (Å²) in [6.07, 6.45) is 0. The quantitative estimate of drug-likeness (QED) is 0.733. The van der Waals surface area contributed by atoms with Crippen molar-refractivity contribution in [2.75, 3.05) is 23.5 Å². The summed E-state index contributed by atoms with van der Waals surface area (Å²) in [7, 11) is 1.57. The number of carbonyl (C=O) groups excluding carboxylic acids is 1. The molecule has 0 spiro atoms. The molecule has 0 aliphatic heterocycles. The number of benzene rings is 2. The zero-order valence-electron chi connectivity index (χ0n) is 11.7. The van der Waals surface area contributed by atoms with E-state index in [4.69, 9.17) is 10.5 Å². The molecule has 4 N–H and O–H groups in total. The molecule has 0 radical (unpaired) electrons. The van der Waals surface area contributed by atoms with Crippen molar-refractivity contribution in [2.45, 2.75) is 6.92 Å². The lowest BCUT2D eigenvalue weighted by Crippen LogP contribution is -2.20. The van der Waals surface area contributed by atoms with E-state index in [1.54, 1.807) is 37.4 Å². The summed E-state index contributed by atoms with van der Waals surface area (Å²) in [4.78, 5) is 12.0. The summed E-state index contributed by atoms with van der Waals surface area (Å²) < 4.78 is 5.84. The molecule has 0 aliphatic rings. The highest BCUT2D eigenvalue weighted by molar-refractivity contribution is 9.10. The van der Waals surface area contributed by atoms with Crippen LogP contribution < -0.4 is 21.1 Å². The maximum absolute atomic E-state index is 12.0. The lowest BCUT2D eigenvalue weighted by molar-refractivity contribution is 0.262. The minimum Gasteiger partial charge on any atom is -0.497 e. The number of nitrogen functional groups attached to an aromatic ring is 1. The fourth-order valence-corrected chi connectivity index (χ4v) is 2.57. The Hall–Kier alpha value is -2.21. The normalized spacial score (nSPS) is 10.0. The number of ether oxygens (including phenoxy) is 1. The van der Waals surface area contributed by atoms with Gasteiger partial charge in [-0.1, -0.05) is 6.07 Å². The molecule has 2 rings (SSSR count). The second kappa shape index (κ2) is 6.49. The van der Waals surface area contributed by atoms with Gasteiger partial charge in [0, 0.05) is 16.2 Å². The Morgan fingerprint density at radius 1 is 1.24 bits per heavy atom. The molecular weight excluding hydrogens is 334 g/mol. The van der Waals surface area contributed by atoms with Crippen LogP contribution in [-0.2, 0) is 0 Å². The topological polar surface area (TPSA) is 76.4 Å². The number of nitrogens with one attached hydrogen (secondary N) is 2. The van der Waals surface area contributed by atoms with Crippen LogP contribution in [0.2, 0.25) is 0 Å². The number of amides is 2. The number of urea groups is 1. The number of nitrogens with two attached hydrogens (primary N) is 1. The van der Waals surface area contributed by atoms with E-state index in [1.807, 2.05) is 13.0 Å². The van der Waals surface area contributed by atoms with Gasteiger partial charge in [-0.2, -0.15) is 0 Å². The first-order valence-corrected chi connectivity index (χ1v) is 7.06. The Labute approximate surface area is 131 Å². The number of hydrogen-bond acceptors (Lipinski definition) is 3. The highest BCUT2D eigenvalue weighted by atomic mass is 79.9. The number of methoxy groups -OCH3 is 1. The first-order valence-electron chi connectivity index (χ1n) is 6.27. The van der Waals surface area contributed by atoms with Crippen molar-refractivity contribution in [1.82, 2.24) is 0 Å². The third kappa shape index (κ3) is 3.88. The molecule has 0 unspecified atom stereocenters. The molecule has 2 amide bonds. The van der Waals surface area contributed by atoms with E-state index in [9.17, 15) is 4.79 Å². The highest BCUT2D eigenvalue weighted by Crippen LogP contribution is 2.30. The average molecular weight is 350 g/mol. The Morgan fingerprint density at radius 2 is 2.00 bits per heavy atom. The molecular formula is C15H16BrN3O2. The first-order chi connectivity index (χ1) is 9.99. The fourth-order valence-electron chi connectivity index (χ4n) is 1.88. The van der Waals surface area contributed by atoms with Gasteiger partial charge in [0.25, 0.3) is 0 Å². The van der Waals surface area contributed by atoms with E-state index in [1.165, 1.54) is 0 Å². The second-order valence-corrected chi connectivity index (χ2v) is 5.38. The highest BCUT2D eigenvalue weighted by Gasteiger charge is 2.10. The van der Waals surface area contributed by atoms with E-state index < -0.39 is 0 Å². The molecule has 0 fully saturated rings. The molecule has 0 atom stereocenters. The SMILES string of the molecule is COc1cccc(NC(=O)Nc2c(N)cc(C)cc2Br)c1. The standard InChI is InChI=1S/C15H16BrN3O2/c1-9-6-12(16)14(13(17)7-9)19-15(20)18-10-4-3-5-11(8-10)21-2/h3-8H,17H2,1-2H3,(H2,18,19,20). The molecule has 0 saturated heterocycles. The van der Waals surface area contributed by atoms with Crippen molar-refractivity contribution in [3.63, 3.8) is 0 Å². The Balaban J connectivity index is 2.12. The molecule has 0 heterocycles. The van der Waals surface area contributed by atoms with Crippen molar-refractivity contribution in [1.29, 1.82) is 0 Å². The summed E-state index contributed by atoms with van der Waals surface area (Å²) in [5, 5.41) is 5.46. The van der Waals surface area contributed by atoms with Crippen LogP contribution in [0.4, 0.5) is 21.9 Å². The van der Waals surface area contributed by atoms with Crippen LogP contribution in [0.3, 0.4) is 0 Å². The minimum atomic E-state index is -0.375. The van der Waals surface area contributed by atoms with Crippen molar-refractivity contribution in [2.24, 2.45) is 0 Å². The van der Waals surface area contributed by atoms with Gasteiger partial charge in [0.1, 0.15) is 5.75 Å². The Kier molecular flexibility index (Phi) is 4.70. The van der Waals surface area contributed by atoms with Crippen LogP contribution in [0.15, 0.2) is 40.9 Å². The average Bonchev–Trinajstić information content (AvgIpc) is 2.43. The van der Waals surface area contributed by atoms with Crippen molar-refractivity contribution >= 4 is 39.0 Å². The van der Waals surface area contributed by atoms with E-state index in [-0.39, 0.29) is 6.03 Å². The summed E-state index contributed by atoms with van der Waals surface area (Å²) in [5.74, 6) is 0.670. The number of aryl methyl sites for hydroxylation is 1. The zero-order valence-corrected chi connectivity index (χ0v) is 13.3. The fraction of sp³-hybridized carbons (Fsp3) is 0.133. The number of carbonyl (C=O) groups is 1.